The molecule has 8 heteroatoms. The highest BCUT2D eigenvalue weighted by atomic mass is 32.2. The maximum Gasteiger partial charge on any atom is 0.267 e. The van der Waals surface area contributed by atoms with Gasteiger partial charge in [-0.15, -0.1) is 0 Å². The van der Waals surface area contributed by atoms with Gasteiger partial charge < -0.3 is 0 Å². The van der Waals surface area contributed by atoms with Gasteiger partial charge >= 0.3 is 0 Å². The monoisotopic (exact) mass is 260 g/mol. The first-order chi connectivity index (χ1) is 6.67. The van der Waals surface area contributed by atoms with Gasteiger partial charge in [0.05, 0.1) is 11.0 Å². The van der Waals surface area contributed by atoms with Crippen molar-refractivity contribution in [1.29, 1.82) is 0 Å². The van der Waals surface area contributed by atoms with E-state index in [2.05, 4.69) is 0 Å². The van der Waals surface area contributed by atoms with Gasteiger partial charge in [0.15, 0.2) is 0 Å². The Labute approximate surface area is 90.2 Å². The summed E-state index contributed by atoms with van der Waals surface area (Å²) in [6, 6.07) is 0. The maximum absolute atomic E-state index is 10.7. The van der Waals surface area contributed by atoms with Crippen LogP contribution in [0, 0.1) is 0 Å². The van der Waals surface area contributed by atoms with Crippen LogP contribution in [0.4, 0.5) is 0 Å². The molecular formula is C7H16O6S2. The molecule has 0 radical (unpaired) electrons. The second-order valence-electron chi connectivity index (χ2n) is 3.33. The van der Waals surface area contributed by atoms with E-state index in [1.54, 1.807) is 6.92 Å². The van der Waals surface area contributed by atoms with Crippen LogP contribution in [-0.2, 0) is 20.2 Å². The van der Waals surface area contributed by atoms with E-state index in [0.717, 1.165) is 0 Å². The van der Waals surface area contributed by atoms with Crippen molar-refractivity contribution >= 4 is 20.2 Å². The van der Waals surface area contributed by atoms with Crippen LogP contribution in [0.15, 0.2) is 0 Å². The molecule has 0 aliphatic heterocycles. The molecule has 0 fully saturated rings. The molecule has 2 N–H and O–H groups in total. The minimum Gasteiger partial charge on any atom is -0.286 e. The highest BCUT2D eigenvalue weighted by Crippen LogP contribution is 2.12. The highest BCUT2D eigenvalue weighted by molar-refractivity contribution is 7.86. The predicted octanol–water partition coefficient (Wildman–Crippen LogP) is 0.711. The van der Waals surface area contributed by atoms with Crippen molar-refractivity contribution in [2.45, 2.75) is 37.9 Å². The van der Waals surface area contributed by atoms with Gasteiger partial charge in [0.1, 0.15) is 0 Å². The number of unbranched alkanes of at least 4 members (excludes halogenated alkanes) is 1. The van der Waals surface area contributed by atoms with Crippen molar-refractivity contribution in [2.24, 2.45) is 0 Å². The van der Waals surface area contributed by atoms with Crippen molar-refractivity contribution < 1.29 is 25.9 Å². The van der Waals surface area contributed by atoms with Crippen molar-refractivity contribution in [2.75, 3.05) is 5.75 Å². The van der Waals surface area contributed by atoms with E-state index in [4.69, 9.17) is 9.11 Å². The summed E-state index contributed by atoms with van der Waals surface area (Å²) in [6.45, 7) is 1.63. The molecule has 0 amide bonds. The molecule has 0 bridgehead atoms. The largest absolute Gasteiger partial charge is 0.286 e. The fraction of sp³-hybridized carbons (Fsp3) is 1.00. The lowest BCUT2D eigenvalue weighted by Gasteiger charge is -2.10. The Bertz CT molecular complexity index is 368. The predicted molar refractivity (Wildman–Crippen MR) is 55.9 cm³/mol. The molecule has 0 saturated heterocycles. The molecule has 1 unspecified atom stereocenters. The van der Waals surface area contributed by atoms with Gasteiger partial charge in [-0.05, 0) is 19.3 Å². The summed E-state index contributed by atoms with van der Waals surface area (Å²) in [6.07, 6.45) is 0.999. The van der Waals surface area contributed by atoms with E-state index < -0.39 is 25.5 Å². The summed E-state index contributed by atoms with van der Waals surface area (Å²) in [5, 5.41) is -0.848. The average Bonchev–Trinajstić information content (AvgIpc) is 1.99. The molecule has 0 aliphatic carbocycles. The van der Waals surface area contributed by atoms with E-state index in [-0.39, 0.29) is 25.0 Å². The van der Waals surface area contributed by atoms with E-state index in [1.165, 1.54) is 0 Å². The van der Waals surface area contributed by atoms with Crippen molar-refractivity contribution in [3.63, 3.8) is 0 Å². The summed E-state index contributed by atoms with van der Waals surface area (Å²) in [7, 11) is -8.02. The molecule has 0 aliphatic rings. The Balaban J connectivity index is 3.95. The summed E-state index contributed by atoms with van der Waals surface area (Å²) in [5.74, 6) is -0.380. The summed E-state index contributed by atoms with van der Waals surface area (Å²) in [4.78, 5) is 0. The van der Waals surface area contributed by atoms with Crippen LogP contribution in [0.3, 0.4) is 0 Å². The molecular weight excluding hydrogens is 244 g/mol. The van der Waals surface area contributed by atoms with Crippen LogP contribution >= 0.6 is 0 Å². The van der Waals surface area contributed by atoms with Crippen molar-refractivity contribution in [1.82, 2.24) is 0 Å². The lowest BCUT2D eigenvalue weighted by molar-refractivity contribution is 0.455. The zero-order valence-electron chi connectivity index (χ0n) is 8.46. The van der Waals surface area contributed by atoms with Gasteiger partial charge in [0.2, 0.25) is 0 Å². The molecule has 92 valence electrons. The summed E-state index contributed by atoms with van der Waals surface area (Å²) in [5.41, 5.74) is 0. The molecule has 0 aromatic heterocycles. The first kappa shape index (κ1) is 14.8. The quantitative estimate of drug-likeness (QED) is 0.515. The molecule has 1 atom stereocenters. The lowest BCUT2D eigenvalue weighted by Crippen LogP contribution is -2.19. The van der Waals surface area contributed by atoms with Gasteiger partial charge in [-0.2, -0.15) is 16.8 Å². The fourth-order valence-electron chi connectivity index (χ4n) is 1.22. The molecule has 0 aromatic carbocycles. The minimum absolute atomic E-state index is 0.185. The second kappa shape index (κ2) is 5.78. The number of hydrogen-bond acceptors (Lipinski definition) is 4. The fourth-order valence-corrected chi connectivity index (χ4v) is 2.67. The molecule has 0 heterocycles. The average molecular weight is 260 g/mol. The third-order valence-electron chi connectivity index (χ3n) is 2.05. The first-order valence-electron chi connectivity index (χ1n) is 4.58. The van der Waals surface area contributed by atoms with Crippen LogP contribution in [0.5, 0.6) is 0 Å². The van der Waals surface area contributed by atoms with E-state index >= 15 is 0 Å². The molecule has 0 saturated carbocycles. The van der Waals surface area contributed by atoms with Crippen LogP contribution in [0.2, 0.25) is 0 Å². The SMILES string of the molecule is CCC(CCCCS(=O)(=O)O)S(=O)(=O)O. The topological polar surface area (TPSA) is 109 Å². The Morgan fingerprint density at radius 2 is 1.60 bits per heavy atom. The molecule has 15 heavy (non-hydrogen) atoms. The van der Waals surface area contributed by atoms with Gasteiger partial charge in [-0.1, -0.05) is 13.3 Å². The smallest absolute Gasteiger partial charge is 0.267 e. The first-order valence-corrected chi connectivity index (χ1v) is 7.69. The van der Waals surface area contributed by atoms with Crippen LogP contribution in [-0.4, -0.2) is 36.9 Å². The summed E-state index contributed by atoms with van der Waals surface area (Å²) < 4.78 is 59.3. The van der Waals surface area contributed by atoms with E-state index in [1.807, 2.05) is 0 Å². The number of rotatable bonds is 7. The number of hydrogen-bond donors (Lipinski definition) is 2. The third kappa shape index (κ3) is 7.71. The highest BCUT2D eigenvalue weighted by Gasteiger charge is 2.20. The Morgan fingerprint density at radius 3 is 1.93 bits per heavy atom. The standard InChI is InChI=1S/C7H16O6S2/c1-2-7(15(11,12)13)5-3-4-6-14(8,9)10/h7H,2-6H2,1H3,(H,8,9,10)(H,11,12,13). The maximum atomic E-state index is 10.7. The van der Waals surface area contributed by atoms with Crippen molar-refractivity contribution in [3.05, 3.63) is 0 Å². The zero-order valence-corrected chi connectivity index (χ0v) is 10.1. The molecule has 0 aromatic rings. The molecule has 0 rings (SSSR count). The van der Waals surface area contributed by atoms with Gasteiger partial charge in [0, 0.05) is 0 Å². The Kier molecular flexibility index (Phi) is 5.71. The molecule has 6 nitrogen and oxygen atoms in total. The van der Waals surface area contributed by atoms with Crippen LogP contribution in [0.1, 0.15) is 32.6 Å². The lowest BCUT2D eigenvalue weighted by atomic mass is 10.2. The van der Waals surface area contributed by atoms with E-state index in [9.17, 15) is 16.8 Å². The second-order valence-corrected chi connectivity index (χ2v) is 6.60. The van der Waals surface area contributed by atoms with Crippen LogP contribution in [0.25, 0.3) is 0 Å². The Hall–Kier alpha value is -0.180. The van der Waals surface area contributed by atoms with Crippen LogP contribution < -0.4 is 0 Å². The molecule has 0 spiro atoms. The normalized spacial score (nSPS) is 15.1. The van der Waals surface area contributed by atoms with E-state index in [0.29, 0.717) is 6.42 Å². The third-order valence-corrected chi connectivity index (χ3v) is 4.27. The van der Waals surface area contributed by atoms with Crippen molar-refractivity contribution in [3.8, 4) is 0 Å². The Morgan fingerprint density at radius 1 is 1.07 bits per heavy atom. The van der Waals surface area contributed by atoms with Gasteiger partial charge in [-0.3, -0.25) is 9.11 Å². The minimum atomic E-state index is -4.04. The zero-order chi connectivity index (χ0) is 12.1. The summed E-state index contributed by atoms with van der Waals surface area (Å²) >= 11 is 0. The van der Waals surface area contributed by atoms with Gasteiger partial charge in [-0.25, -0.2) is 0 Å². The van der Waals surface area contributed by atoms with Gasteiger partial charge in [0.25, 0.3) is 20.2 Å².